The molecule has 222 valence electrons. The van der Waals surface area contributed by atoms with Gasteiger partial charge in [-0.15, -0.1) is 0 Å². The van der Waals surface area contributed by atoms with Gasteiger partial charge in [-0.3, -0.25) is 0 Å². The first-order chi connectivity index (χ1) is 19.6. The zero-order valence-electron chi connectivity index (χ0n) is 24.4. The SMILES string of the molecule is CCCCCC(OCCC#N)C(OCCC)C(OCCC#N)C(OCCC#N)C(CCCCC#N)OCCC#N. The minimum Gasteiger partial charge on any atom is -0.374 e. The van der Waals surface area contributed by atoms with Gasteiger partial charge in [-0.2, -0.15) is 26.3 Å². The maximum absolute atomic E-state index is 9.22. The summed E-state index contributed by atoms with van der Waals surface area (Å²) in [5.41, 5.74) is 0. The molecule has 5 atom stereocenters. The number of ether oxygens (including phenoxy) is 5. The van der Waals surface area contributed by atoms with E-state index in [-0.39, 0.29) is 58.2 Å². The van der Waals surface area contributed by atoms with Gasteiger partial charge < -0.3 is 23.7 Å². The number of hydrogen-bond acceptors (Lipinski definition) is 10. The summed E-state index contributed by atoms with van der Waals surface area (Å²) in [5.74, 6) is 0. The van der Waals surface area contributed by atoms with E-state index in [1.165, 1.54) is 0 Å². The van der Waals surface area contributed by atoms with Gasteiger partial charge in [0.2, 0.25) is 0 Å². The lowest BCUT2D eigenvalue weighted by molar-refractivity contribution is -0.204. The van der Waals surface area contributed by atoms with E-state index in [9.17, 15) is 10.5 Å². The average molecular weight is 558 g/mol. The molecular formula is C30H47N5O5. The molecule has 0 amide bonds. The normalized spacial score (nSPS) is 14.4. The predicted octanol–water partition coefficient (Wildman–Crippen LogP) is 5.64. The van der Waals surface area contributed by atoms with Crippen molar-refractivity contribution in [2.24, 2.45) is 0 Å². The second-order valence-corrected chi connectivity index (χ2v) is 9.36. The Morgan fingerprint density at radius 3 is 1.25 bits per heavy atom. The first-order valence-electron chi connectivity index (χ1n) is 14.6. The molecule has 10 heteroatoms. The molecule has 0 aliphatic rings. The van der Waals surface area contributed by atoms with Crippen molar-refractivity contribution >= 4 is 0 Å². The van der Waals surface area contributed by atoms with Crippen LogP contribution in [0.1, 0.15) is 97.3 Å². The third-order valence-corrected chi connectivity index (χ3v) is 6.15. The number of hydrogen-bond donors (Lipinski definition) is 0. The minimum absolute atomic E-state index is 0.143. The van der Waals surface area contributed by atoms with Crippen LogP contribution in [0.15, 0.2) is 0 Å². The van der Waals surface area contributed by atoms with Crippen LogP contribution in [0.5, 0.6) is 0 Å². The fourth-order valence-electron chi connectivity index (χ4n) is 4.28. The fraction of sp³-hybridized carbons (Fsp3) is 0.833. The molecule has 10 nitrogen and oxygen atoms in total. The molecule has 0 spiro atoms. The van der Waals surface area contributed by atoms with E-state index in [1.807, 2.05) is 6.92 Å². The molecule has 5 unspecified atom stereocenters. The summed E-state index contributed by atoms with van der Waals surface area (Å²) in [6.45, 7) is 5.31. The molecular weight excluding hydrogens is 510 g/mol. The Kier molecular flexibility index (Phi) is 25.9. The molecule has 0 aromatic carbocycles. The van der Waals surface area contributed by atoms with E-state index >= 15 is 0 Å². The van der Waals surface area contributed by atoms with Crippen LogP contribution in [0.25, 0.3) is 0 Å². The quantitative estimate of drug-likeness (QED) is 0.115. The van der Waals surface area contributed by atoms with Gasteiger partial charge in [0.25, 0.3) is 0 Å². The zero-order chi connectivity index (χ0) is 29.7. The summed E-state index contributed by atoms with van der Waals surface area (Å²) in [6, 6.07) is 10.6. The largest absolute Gasteiger partial charge is 0.374 e. The van der Waals surface area contributed by atoms with Crippen LogP contribution >= 0.6 is 0 Å². The van der Waals surface area contributed by atoms with Crippen LogP contribution in [0.4, 0.5) is 0 Å². The Bertz CT molecular complexity index is 823. The Morgan fingerprint density at radius 1 is 0.425 bits per heavy atom. The van der Waals surface area contributed by atoms with Gasteiger partial charge in [-0.05, 0) is 32.1 Å². The zero-order valence-corrected chi connectivity index (χ0v) is 24.4. The fourth-order valence-corrected chi connectivity index (χ4v) is 4.28. The van der Waals surface area contributed by atoms with Gasteiger partial charge in [0.1, 0.15) is 18.3 Å². The molecule has 0 heterocycles. The standard InChI is InChI=1S/C30H47N5O5/c1-3-5-7-14-26(36-22-10-17-32)28(38-21-4-2)30(40-25-13-20-35)29(39-24-12-19-34)27(37-23-11-18-33)15-8-6-9-16-31/h26-30H,3-15,21-25H2,1-2H3. The molecule has 40 heavy (non-hydrogen) atoms. The topological polar surface area (TPSA) is 165 Å². The summed E-state index contributed by atoms with van der Waals surface area (Å²) < 4.78 is 31.4. The maximum atomic E-state index is 9.22. The van der Waals surface area contributed by atoms with Crippen LogP contribution < -0.4 is 0 Å². The summed E-state index contributed by atoms with van der Waals surface area (Å²) in [7, 11) is 0. The molecule has 0 N–H and O–H groups in total. The van der Waals surface area contributed by atoms with Gasteiger partial charge in [-0.1, -0.05) is 33.1 Å². The van der Waals surface area contributed by atoms with Crippen LogP contribution in [0.2, 0.25) is 0 Å². The Labute approximate surface area is 241 Å². The second-order valence-electron chi connectivity index (χ2n) is 9.36. The van der Waals surface area contributed by atoms with Gasteiger partial charge in [0.15, 0.2) is 0 Å². The summed E-state index contributed by atoms with van der Waals surface area (Å²) >= 11 is 0. The van der Waals surface area contributed by atoms with Crippen molar-refractivity contribution in [3.63, 3.8) is 0 Å². The van der Waals surface area contributed by atoms with E-state index in [0.29, 0.717) is 38.7 Å². The molecule has 0 saturated carbocycles. The molecule has 0 aromatic heterocycles. The number of nitriles is 5. The van der Waals surface area contributed by atoms with Crippen molar-refractivity contribution < 1.29 is 23.7 Å². The predicted molar refractivity (Wildman–Crippen MR) is 148 cm³/mol. The lowest BCUT2D eigenvalue weighted by Crippen LogP contribution is -2.54. The Balaban J connectivity index is 6.50. The summed E-state index contributed by atoms with van der Waals surface area (Å²) in [5, 5.41) is 45.6. The van der Waals surface area contributed by atoms with E-state index in [0.717, 1.165) is 25.7 Å². The lowest BCUT2D eigenvalue weighted by atomic mass is 9.92. The number of unbranched alkanes of at least 4 members (excludes halogenated alkanes) is 4. The van der Waals surface area contributed by atoms with Crippen molar-refractivity contribution in [2.75, 3.05) is 33.0 Å². The molecule has 0 bridgehead atoms. The van der Waals surface area contributed by atoms with E-state index < -0.39 is 24.4 Å². The van der Waals surface area contributed by atoms with Crippen molar-refractivity contribution in [2.45, 2.75) is 128 Å². The highest BCUT2D eigenvalue weighted by Gasteiger charge is 2.41. The molecule has 0 aromatic rings. The average Bonchev–Trinajstić information content (AvgIpc) is 2.96. The third kappa shape index (κ3) is 17.8. The molecule has 0 rings (SSSR count). The van der Waals surface area contributed by atoms with Crippen molar-refractivity contribution in [3.8, 4) is 30.3 Å². The van der Waals surface area contributed by atoms with E-state index in [4.69, 9.17) is 39.5 Å². The van der Waals surface area contributed by atoms with Crippen molar-refractivity contribution in [1.29, 1.82) is 26.3 Å². The number of nitrogens with zero attached hydrogens (tertiary/aromatic N) is 5. The highest BCUT2D eigenvalue weighted by Crippen LogP contribution is 2.27. The Morgan fingerprint density at radius 2 is 0.825 bits per heavy atom. The first-order valence-corrected chi connectivity index (χ1v) is 14.6. The monoisotopic (exact) mass is 557 g/mol. The van der Waals surface area contributed by atoms with Crippen LogP contribution in [0.3, 0.4) is 0 Å². The molecule has 0 aliphatic carbocycles. The van der Waals surface area contributed by atoms with Gasteiger partial charge in [0.05, 0.1) is 94.7 Å². The summed E-state index contributed by atoms with van der Waals surface area (Å²) in [4.78, 5) is 0. The number of rotatable bonds is 27. The van der Waals surface area contributed by atoms with Crippen LogP contribution in [-0.4, -0.2) is 63.6 Å². The van der Waals surface area contributed by atoms with Crippen LogP contribution in [0, 0.1) is 56.7 Å². The van der Waals surface area contributed by atoms with Gasteiger partial charge >= 0.3 is 0 Å². The maximum Gasteiger partial charge on any atom is 0.115 e. The highest BCUT2D eigenvalue weighted by molar-refractivity contribution is 4.92. The smallest absolute Gasteiger partial charge is 0.115 e. The molecule has 0 aliphatic heterocycles. The van der Waals surface area contributed by atoms with Gasteiger partial charge in [-0.25, -0.2) is 0 Å². The van der Waals surface area contributed by atoms with Crippen molar-refractivity contribution in [3.05, 3.63) is 0 Å². The minimum atomic E-state index is -0.699. The summed E-state index contributed by atoms with van der Waals surface area (Å²) in [6.07, 6.45) is 4.69. The van der Waals surface area contributed by atoms with E-state index in [1.54, 1.807) is 0 Å². The van der Waals surface area contributed by atoms with E-state index in [2.05, 4.69) is 37.3 Å². The van der Waals surface area contributed by atoms with Crippen LogP contribution in [-0.2, 0) is 23.7 Å². The molecule has 0 radical (unpaired) electrons. The molecule has 0 fully saturated rings. The first kappa shape index (κ1) is 37.2. The molecule has 0 saturated heterocycles. The highest BCUT2D eigenvalue weighted by atomic mass is 16.6. The Hall–Kier alpha value is -2.75. The van der Waals surface area contributed by atoms with Crippen molar-refractivity contribution in [1.82, 2.24) is 0 Å². The lowest BCUT2D eigenvalue weighted by Gasteiger charge is -2.40. The second kappa shape index (κ2) is 27.8. The third-order valence-electron chi connectivity index (χ3n) is 6.15. The van der Waals surface area contributed by atoms with Gasteiger partial charge in [0, 0.05) is 13.0 Å².